The molecule has 0 aromatic heterocycles. The van der Waals surface area contributed by atoms with E-state index in [0.29, 0.717) is 0 Å². The van der Waals surface area contributed by atoms with Crippen LogP contribution in [0.1, 0.15) is 0 Å². The molecular formula is C12F22O. The second kappa shape index (κ2) is 8.69. The number of hydrogen-bond donors (Lipinski definition) is 0. The molecule has 0 bridgehead atoms. The Morgan fingerprint density at radius 3 is 0.686 bits per heavy atom. The van der Waals surface area contributed by atoms with E-state index in [0.717, 1.165) is 0 Å². The van der Waals surface area contributed by atoms with Crippen LogP contribution in [0, 0.1) is 0 Å². The Kier molecular flexibility index (Phi) is 8.13. The van der Waals surface area contributed by atoms with Crippen LogP contribution in [0.4, 0.5) is 96.6 Å². The first-order chi connectivity index (χ1) is 14.9. The SMILES string of the molecule is FC(OC(F)=C(F)C(F)(C(F)(F)F)C(F)(F)C(F)(F)F)=C(F)C(F)(C(F)(F)F)C(F)(F)C(F)(F)F. The smallest absolute Gasteiger partial charge is 0.400 e. The van der Waals surface area contributed by atoms with Crippen LogP contribution in [-0.2, 0) is 4.74 Å². The highest BCUT2D eigenvalue weighted by molar-refractivity contribution is 5.25. The van der Waals surface area contributed by atoms with E-state index in [4.69, 9.17) is 0 Å². The molecule has 0 saturated heterocycles. The summed E-state index contributed by atoms with van der Waals surface area (Å²) >= 11 is 0. The Morgan fingerprint density at radius 1 is 0.343 bits per heavy atom. The fourth-order valence-corrected chi connectivity index (χ4v) is 1.71. The maximum absolute atomic E-state index is 13.5. The van der Waals surface area contributed by atoms with Gasteiger partial charge in [-0.3, -0.25) is 0 Å². The molecule has 0 amide bonds. The summed E-state index contributed by atoms with van der Waals surface area (Å²) < 4.78 is 280. The van der Waals surface area contributed by atoms with Gasteiger partial charge in [-0.2, -0.15) is 79.0 Å². The predicted octanol–water partition coefficient (Wildman–Crippen LogP) is 8.16. The van der Waals surface area contributed by atoms with Crippen molar-refractivity contribution >= 4 is 0 Å². The highest BCUT2D eigenvalue weighted by Crippen LogP contribution is 2.59. The van der Waals surface area contributed by atoms with E-state index in [2.05, 4.69) is 0 Å². The van der Waals surface area contributed by atoms with E-state index in [9.17, 15) is 96.6 Å². The molecule has 0 spiro atoms. The largest absolute Gasteiger partial charge is 0.457 e. The lowest BCUT2D eigenvalue weighted by atomic mass is 9.94. The zero-order valence-corrected chi connectivity index (χ0v) is 14.7. The van der Waals surface area contributed by atoms with Crippen LogP contribution >= 0.6 is 0 Å². The summed E-state index contributed by atoms with van der Waals surface area (Å²) in [5.74, 6) is -26.8. The zero-order chi connectivity index (χ0) is 29.0. The van der Waals surface area contributed by atoms with Gasteiger partial charge < -0.3 is 4.74 Å². The van der Waals surface area contributed by atoms with E-state index in [1.54, 1.807) is 0 Å². The van der Waals surface area contributed by atoms with Crippen molar-refractivity contribution < 1.29 is 101 Å². The summed E-state index contributed by atoms with van der Waals surface area (Å²) in [4.78, 5) is 0. The minimum absolute atomic E-state index is 1.87. The fraction of sp³-hybridized carbons (Fsp3) is 0.667. The lowest BCUT2D eigenvalue weighted by molar-refractivity contribution is -0.377. The van der Waals surface area contributed by atoms with Gasteiger partial charge in [-0.25, -0.2) is 17.6 Å². The summed E-state index contributed by atoms with van der Waals surface area (Å²) in [5.41, 5.74) is -16.0. The van der Waals surface area contributed by atoms with Gasteiger partial charge >= 0.3 is 59.9 Å². The number of rotatable bonds is 6. The third kappa shape index (κ3) is 4.89. The Hall–Kier alpha value is -2.26. The maximum Gasteiger partial charge on any atom is 0.457 e. The van der Waals surface area contributed by atoms with Gasteiger partial charge in [-0.05, 0) is 0 Å². The highest BCUT2D eigenvalue weighted by atomic mass is 19.4. The van der Waals surface area contributed by atoms with E-state index >= 15 is 0 Å². The molecule has 0 aromatic carbocycles. The van der Waals surface area contributed by atoms with Crippen LogP contribution < -0.4 is 0 Å². The molecule has 0 N–H and O–H groups in total. The van der Waals surface area contributed by atoms with Crippen molar-refractivity contribution in [1.29, 1.82) is 0 Å². The third-order valence-corrected chi connectivity index (χ3v) is 3.49. The molecule has 0 aliphatic carbocycles. The molecule has 23 heteroatoms. The second-order valence-corrected chi connectivity index (χ2v) is 5.73. The van der Waals surface area contributed by atoms with Crippen LogP contribution in [-0.4, -0.2) is 47.9 Å². The van der Waals surface area contributed by atoms with E-state index in [-0.39, 0.29) is 0 Å². The number of alkyl halides is 18. The average Bonchev–Trinajstić information content (AvgIpc) is 2.60. The molecule has 0 rings (SSSR count). The second-order valence-electron chi connectivity index (χ2n) is 5.73. The third-order valence-electron chi connectivity index (χ3n) is 3.49. The van der Waals surface area contributed by atoms with Gasteiger partial charge in [-0.15, -0.1) is 0 Å². The molecule has 2 unspecified atom stereocenters. The lowest BCUT2D eigenvalue weighted by Gasteiger charge is -2.34. The molecule has 1 nitrogen and oxygen atoms in total. The average molecular weight is 578 g/mol. The van der Waals surface area contributed by atoms with Crippen molar-refractivity contribution in [3.05, 3.63) is 23.7 Å². The van der Waals surface area contributed by atoms with E-state index in [1.807, 2.05) is 4.74 Å². The number of hydrogen-bond acceptors (Lipinski definition) is 1. The molecule has 0 radical (unpaired) electrons. The monoisotopic (exact) mass is 578 g/mol. The van der Waals surface area contributed by atoms with Gasteiger partial charge in [0.25, 0.3) is 0 Å². The van der Waals surface area contributed by atoms with E-state index in [1.165, 1.54) is 0 Å². The summed E-state index contributed by atoms with van der Waals surface area (Å²) in [5, 5.41) is 0. The Balaban J connectivity index is 7.13. The first-order valence-electron chi connectivity index (χ1n) is 7.07. The van der Waals surface area contributed by atoms with Crippen LogP contribution in [0.15, 0.2) is 23.7 Å². The first-order valence-corrected chi connectivity index (χ1v) is 7.07. The van der Waals surface area contributed by atoms with Crippen LogP contribution in [0.2, 0.25) is 0 Å². The lowest BCUT2D eigenvalue weighted by Crippen LogP contribution is -2.63. The first kappa shape index (κ1) is 32.7. The quantitative estimate of drug-likeness (QED) is 0.229. The van der Waals surface area contributed by atoms with Gasteiger partial charge in [-0.1, -0.05) is 0 Å². The number of halogens is 22. The summed E-state index contributed by atoms with van der Waals surface area (Å²) in [7, 11) is 0. The van der Waals surface area contributed by atoms with Gasteiger partial charge in [0.1, 0.15) is 0 Å². The van der Waals surface area contributed by atoms with Crippen LogP contribution in [0.25, 0.3) is 0 Å². The molecule has 0 aliphatic rings. The van der Waals surface area contributed by atoms with Crippen molar-refractivity contribution in [2.45, 2.75) is 47.9 Å². The summed E-state index contributed by atoms with van der Waals surface area (Å²) in [6.45, 7) is 0. The topological polar surface area (TPSA) is 9.23 Å². The predicted molar refractivity (Wildman–Crippen MR) is 61.4 cm³/mol. The Labute approximate surface area is 174 Å². The number of ether oxygens (including phenoxy) is 1. The highest BCUT2D eigenvalue weighted by Gasteiger charge is 2.85. The molecule has 35 heavy (non-hydrogen) atoms. The zero-order valence-electron chi connectivity index (χ0n) is 14.7. The van der Waals surface area contributed by atoms with Crippen molar-refractivity contribution in [2.75, 3.05) is 0 Å². The molecule has 0 aliphatic heterocycles. The van der Waals surface area contributed by atoms with Gasteiger partial charge in [0.2, 0.25) is 11.7 Å². The number of allylic oxidation sites excluding steroid dienone is 2. The Morgan fingerprint density at radius 2 is 0.543 bits per heavy atom. The minimum atomic E-state index is -8.10. The normalized spacial score (nSPS) is 19.9. The van der Waals surface area contributed by atoms with Gasteiger partial charge in [0.05, 0.1) is 0 Å². The van der Waals surface area contributed by atoms with Gasteiger partial charge in [0, 0.05) is 0 Å². The molecule has 0 aromatic rings. The molecule has 0 heterocycles. The fourth-order valence-electron chi connectivity index (χ4n) is 1.71. The van der Waals surface area contributed by atoms with E-state index < -0.39 is 71.6 Å². The summed E-state index contributed by atoms with van der Waals surface area (Å²) in [6, 6.07) is -9.75. The standard InChI is InChI=1S/C12F22O/c13-1(5(17,9(23,24)25)7(19,20)11(29,30)31)3(15)35-4(16)2(14)6(18,10(26,27)28)8(21,22)12(32,33)34. The molecule has 2 atom stereocenters. The molecule has 0 saturated carbocycles. The van der Waals surface area contributed by atoms with Crippen molar-refractivity contribution in [3.63, 3.8) is 0 Å². The minimum Gasteiger partial charge on any atom is -0.400 e. The van der Waals surface area contributed by atoms with Gasteiger partial charge in [0.15, 0.2) is 0 Å². The van der Waals surface area contributed by atoms with Crippen LogP contribution in [0.3, 0.4) is 0 Å². The molecule has 0 fully saturated rings. The molecule has 208 valence electrons. The van der Waals surface area contributed by atoms with Crippen molar-refractivity contribution in [1.82, 2.24) is 0 Å². The van der Waals surface area contributed by atoms with Crippen molar-refractivity contribution in [2.24, 2.45) is 0 Å². The maximum atomic E-state index is 13.5. The van der Waals surface area contributed by atoms with Crippen molar-refractivity contribution in [3.8, 4) is 0 Å². The summed E-state index contributed by atoms with van der Waals surface area (Å²) in [6.07, 6.45) is -31.4. The Bertz CT molecular complexity index is 780. The van der Waals surface area contributed by atoms with Crippen LogP contribution in [0.5, 0.6) is 0 Å². The molecular weight excluding hydrogens is 578 g/mol.